The van der Waals surface area contributed by atoms with E-state index in [0.29, 0.717) is 19.3 Å². The number of rotatable bonds is 54. The van der Waals surface area contributed by atoms with Gasteiger partial charge < -0.3 is 14.2 Å². The highest BCUT2D eigenvalue weighted by Crippen LogP contribution is 2.15. The van der Waals surface area contributed by atoms with Crippen molar-refractivity contribution >= 4 is 17.9 Å². The van der Waals surface area contributed by atoms with Gasteiger partial charge in [0.2, 0.25) is 0 Å². The Morgan fingerprint density at radius 2 is 0.534 bits per heavy atom. The molecule has 0 aliphatic carbocycles. The second-order valence-electron chi connectivity index (χ2n) is 19.9. The Kier molecular flexibility index (Phi) is 57.4. The van der Waals surface area contributed by atoms with E-state index in [1.165, 1.54) is 122 Å². The van der Waals surface area contributed by atoms with Gasteiger partial charge in [-0.1, -0.05) is 259 Å². The summed E-state index contributed by atoms with van der Waals surface area (Å²) in [6.07, 6.45) is 82.5. The van der Waals surface area contributed by atoms with E-state index in [2.05, 4.69) is 130 Å². The van der Waals surface area contributed by atoms with E-state index in [1.807, 2.05) is 0 Å². The van der Waals surface area contributed by atoms with Crippen molar-refractivity contribution in [3.8, 4) is 0 Å². The van der Waals surface area contributed by atoms with Gasteiger partial charge in [-0.3, -0.25) is 14.4 Å². The zero-order valence-electron chi connectivity index (χ0n) is 47.6. The molecule has 0 saturated carbocycles. The number of carbonyl (C=O) groups excluding carboxylic acids is 3. The summed E-state index contributed by atoms with van der Waals surface area (Å²) in [5.74, 6) is -0.930. The maximum atomic E-state index is 12.8. The van der Waals surface area contributed by atoms with Gasteiger partial charge in [-0.15, -0.1) is 0 Å². The molecule has 0 spiro atoms. The van der Waals surface area contributed by atoms with Gasteiger partial charge in [0.25, 0.3) is 0 Å². The molecule has 0 rings (SSSR count). The monoisotopic (exact) mass is 1010 g/mol. The van der Waals surface area contributed by atoms with Gasteiger partial charge in [-0.25, -0.2) is 0 Å². The second-order valence-corrected chi connectivity index (χ2v) is 19.9. The Labute approximate surface area is 450 Å². The molecule has 0 N–H and O–H groups in total. The average molecular weight is 1010 g/mol. The zero-order valence-corrected chi connectivity index (χ0v) is 47.6. The van der Waals surface area contributed by atoms with Crippen LogP contribution in [0.5, 0.6) is 0 Å². The third-order valence-corrected chi connectivity index (χ3v) is 12.8. The molecule has 6 nitrogen and oxygen atoms in total. The van der Waals surface area contributed by atoms with Crippen molar-refractivity contribution < 1.29 is 28.6 Å². The fourth-order valence-corrected chi connectivity index (χ4v) is 8.22. The third-order valence-electron chi connectivity index (χ3n) is 12.8. The Bertz CT molecular complexity index is 1490. The highest BCUT2D eigenvalue weighted by atomic mass is 16.6. The summed E-state index contributed by atoms with van der Waals surface area (Å²) >= 11 is 0. The number of carbonyl (C=O) groups is 3. The molecule has 0 bridgehead atoms. The molecule has 0 aromatic rings. The fraction of sp³-hybridized carbons (Fsp3) is 0.687. The predicted molar refractivity (Wildman–Crippen MR) is 316 cm³/mol. The zero-order chi connectivity index (χ0) is 52.9. The molecule has 0 radical (unpaired) electrons. The lowest BCUT2D eigenvalue weighted by molar-refractivity contribution is -0.167. The molecule has 0 saturated heterocycles. The van der Waals surface area contributed by atoms with Crippen molar-refractivity contribution in [3.05, 3.63) is 109 Å². The molecule has 1 atom stereocenters. The number of ether oxygens (including phenoxy) is 3. The molecule has 0 aliphatic heterocycles. The highest BCUT2D eigenvalue weighted by Gasteiger charge is 2.19. The van der Waals surface area contributed by atoms with Crippen LogP contribution in [0.4, 0.5) is 0 Å². The lowest BCUT2D eigenvalue weighted by Crippen LogP contribution is -2.30. The smallest absolute Gasteiger partial charge is 0.306 e. The summed E-state index contributed by atoms with van der Waals surface area (Å²) in [7, 11) is 0. The molecule has 73 heavy (non-hydrogen) atoms. The molecule has 0 aliphatic rings. The quantitative estimate of drug-likeness (QED) is 0.0261. The van der Waals surface area contributed by atoms with E-state index < -0.39 is 6.10 Å². The lowest BCUT2D eigenvalue weighted by atomic mass is 10.0. The van der Waals surface area contributed by atoms with Crippen LogP contribution >= 0.6 is 0 Å². The molecule has 0 aromatic heterocycles. The maximum absolute atomic E-state index is 12.8. The van der Waals surface area contributed by atoms with E-state index >= 15 is 0 Å². The van der Waals surface area contributed by atoms with E-state index in [1.54, 1.807) is 0 Å². The predicted octanol–water partition coefficient (Wildman–Crippen LogP) is 20.7. The van der Waals surface area contributed by atoms with Crippen LogP contribution < -0.4 is 0 Å². The second kappa shape index (κ2) is 60.6. The van der Waals surface area contributed by atoms with Crippen LogP contribution in [-0.2, 0) is 28.6 Å². The molecule has 0 aromatic carbocycles. The Balaban J connectivity index is 4.26. The first-order chi connectivity index (χ1) is 36.0. The van der Waals surface area contributed by atoms with E-state index in [-0.39, 0.29) is 31.1 Å². The number of hydrogen-bond donors (Lipinski definition) is 0. The van der Waals surface area contributed by atoms with Crippen LogP contribution in [0.3, 0.4) is 0 Å². The van der Waals surface area contributed by atoms with Crippen LogP contribution in [-0.4, -0.2) is 37.2 Å². The summed E-state index contributed by atoms with van der Waals surface area (Å²) < 4.78 is 16.8. The molecular formula is C67H112O6. The number of unbranched alkanes of at least 4 members (excludes halogenated alkanes) is 25. The summed E-state index contributed by atoms with van der Waals surface area (Å²) in [4.78, 5) is 38.0. The van der Waals surface area contributed by atoms with E-state index in [4.69, 9.17) is 14.2 Å². The van der Waals surface area contributed by atoms with Crippen molar-refractivity contribution in [2.24, 2.45) is 0 Å². The van der Waals surface area contributed by atoms with Gasteiger partial charge in [0.05, 0.1) is 0 Å². The van der Waals surface area contributed by atoms with Gasteiger partial charge in [-0.05, 0) is 109 Å². The van der Waals surface area contributed by atoms with Crippen LogP contribution in [0.25, 0.3) is 0 Å². The van der Waals surface area contributed by atoms with Crippen LogP contribution in [0.2, 0.25) is 0 Å². The number of allylic oxidation sites excluding steroid dienone is 18. The van der Waals surface area contributed by atoms with Crippen molar-refractivity contribution in [3.63, 3.8) is 0 Å². The molecule has 0 heterocycles. The summed E-state index contributed by atoms with van der Waals surface area (Å²) in [5, 5.41) is 0. The van der Waals surface area contributed by atoms with Crippen molar-refractivity contribution in [2.75, 3.05) is 13.2 Å². The number of esters is 3. The van der Waals surface area contributed by atoms with Gasteiger partial charge in [0, 0.05) is 19.3 Å². The summed E-state index contributed by atoms with van der Waals surface area (Å²) in [5.41, 5.74) is 0. The average Bonchev–Trinajstić information content (AvgIpc) is 3.39. The first kappa shape index (κ1) is 69.1. The molecule has 6 heteroatoms. The topological polar surface area (TPSA) is 78.9 Å². The minimum atomic E-state index is -0.792. The van der Waals surface area contributed by atoms with Crippen LogP contribution in [0.1, 0.15) is 278 Å². The molecule has 0 amide bonds. The standard InChI is InChI=1S/C67H112O6/c1-4-7-10-13-16-18-20-22-24-26-28-30-32-33-35-36-38-40-42-44-46-48-51-54-57-60-66(69)72-63-64(62-71-65(68)59-56-53-50-15-12-9-6-3)73-67(70)61-58-55-52-49-47-45-43-41-39-37-34-31-29-27-25-23-21-19-17-14-11-8-5-2/h7,10,16,18,21-24,27-30,33,35,38,40,44,46,64H,4-6,8-9,11-15,17,19-20,25-26,31-32,34,36-37,39,41-43,45,47-63H2,1-3H3/b10-7-,18-16-,23-21-,24-22-,29-27-,30-28-,35-33-,40-38-,46-44-. The van der Waals surface area contributed by atoms with Crippen molar-refractivity contribution in [2.45, 2.75) is 284 Å². The van der Waals surface area contributed by atoms with Gasteiger partial charge in [0.15, 0.2) is 6.10 Å². The lowest BCUT2D eigenvalue weighted by Gasteiger charge is -2.18. The van der Waals surface area contributed by atoms with Crippen molar-refractivity contribution in [1.82, 2.24) is 0 Å². The van der Waals surface area contributed by atoms with Crippen molar-refractivity contribution in [1.29, 1.82) is 0 Å². The molecule has 1 unspecified atom stereocenters. The van der Waals surface area contributed by atoms with Crippen LogP contribution in [0.15, 0.2) is 109 Å². The van der Waals surface area contributed by atoms with Gasteiger partial charge in [0.1, 0.15) is 13.2 Å². The highest BCUT2D eigenvalue weighted by molar-refractivity contribution is 5.71. The Morgan fingerprint density at radius 1 is 0.288 bits per heavy atom. The van der Waals surface area contributed by atoms with Gasteiger partial charge >= 0.3 is 17.9 Å². The summed E-state index contributed by atoms with van der Waals surface area (Å²) in [6.45, 7) is 6.45. The Morgan fingerprint density at radius 3 is 0.849 bits per heavy atom. The third kappa shape index (κ3) is 58.8. The normalized spacial score (nSPS) is 12.9. The van der Waals surface area contributed by atoms with E-state index in [9.17, 15) is 14.4 Å². The summed E-state index contributed by atoms with van der Waals surface area (Å²) in [6, 6.07) is 0. The minimum Gasteiger partial charge on any atom is -0.462 e. The van der Waals surface area contributed by atoms with Gasteiger partial charge in [-0.2, -0.15) is 0 Å². The largest absolute Gasteiger partial charge is 0.462 e. The molecule has 416 valence electrons. The van der Waals surface area contributed by atoms with E-state index in [0.717, 1.165) is 116 Å². The Hall–Kier alpha value is -3.93. The first-order valence-electron chi connectivity index (χ1n) is 30.4. The minimum absolute atomic E-state index is 0.0898. The fourth-order valence-electron chi connectivity index (χ4n) is 8.22. The first-order valence-corrected chi connectivity index (χ1v) is 30.4. The number of hydrogen-bond acceptors (Lipinski definition) is 6. The van der Waals surface area contributed by atoms with Crippen LogP contribution in [0, 0.1) is 0 Å². The SMILES string of the molecule is CC/C=C\C/C=C\C/C=C\C/C=C\C/C=C\C/C=C\C/C=C\CCCCCC(=O)OCC(COC(=O)CCCCCCCCC)OC(=O)CCCCCCCCCCCCC/C=C\C/C=C\CCCCCCC. The maximum Gasteiger partial charge on any atom is 0.306 e. The molecular weight excluding hydrogens is 901 g/mol. The molecule has 0 fully saturated rings.